The maximum atomic E-state index is 4.49. The summed E-state index contributed by atoms with van der Waals surface area (Å²) in [5, 5.41) is 0. The van der Waals surface area contributed by atoms with Crippen LogP contribution in [0.5, 0.6) is 0 Å². The molecule has 0 radical (unpaired) electrons. The Labute approximate surface area is 154 Å². The lowest BCUT2D eigenvalue weighted by Gasteiger charge is -2.04. The first-order chi connectivity index (χ1) is 12.4. The summed E-state index contributed by atoms with van der Waals surface area (Å²) in [6.07, 6.45) is 19.3. The molecule has 2 heterocycles. The Kier molecular flexibility index (Phi) is 9.92. The molecule has 0 bridgehead atoms. The lowest BCUT2D eigenvalue weighted by Crippen LogP contribution is -2.35. The van der Waals surface area contributed by atoms with Crippen LogP contribution >= 0.6 is 0 Å². The van der Waals surface area contributed by atoms with Crippen LogP contribution in [0.15, 0.2) is 48.8 Å². The smallest absolute Gasteiger partial charge is 0.231 e. The van der Waals surface area contributed by atoms with Gasteiger partial charge in [-0.15, -0.1) is 0 Å². The van der Waals surface area contributed by atoms with E-state index in [4.69, 9.17) is 0 Å². The molecular weight excluding hydrogens is 304 g/mol. The minimum Gasteiger partial charge on any atom is -0.250 e. The summed E-state index contributed by atoms with van der Waals surface area (Å²) in [5.41, 5.74) is 2.28. The summed E-state index contributed by atoms with van der Waals surface area (Å²) >= 11 is 0. The van der Waals surface area contributed by atoms with Crippen LogP contribution in [0.25, 0.3) is 11.4 Å². The van der Waals surface area contributed by atoms with Gasteiger partial charge in [0.1, 0.15) is 12.2 Å². The normalized spacial score (nSPS) is 10.9. The zero-order valence-corrected chi connectivity index (χ0v) is 16.0. The lowest BCUT2D eigenvalue weighted by molar-refractivity contribution is -0.686. The van der Waals surface area contributed by atoms with Gasteiger partial charge in [0, 0.05) is 24.8 Å². The molecule has 2 heteroatoms. The fourth-order valence-corrected chi connectivity index (χ4v) is 3.36. The second kappa shape index (κ2) is 12.6. The number of aryl methyl sites for hydroxylation is 1. The molecule has 2 rings (SSSR count). The molecular formula is C23H35N2+. The number of unbranched alkanes of at least 4 members (excludes halogenated alkanes) is 10. The van der Waals surface area contributed by atoms with Gasteiger partial charge >= 0.3 is 0 Å². The zero-order chi connectivity index (χ0) is 17.6. The summed E-state index contributed by atoms with van der Waals surface area (Å²) in [6, 6.07) is 12.5. The lowest BCUT2D eigenvalue weighted by atomic mass is 10.1. The van der Waals surface area contributed by atoms with Gasteiger partial charge in [-0.05, 0) is 24.6 Å². The molecule has 0 spiro atoms. The van der Waals surface area contributed by atoms with Crippen molar-refractivity contribution >= 4 is 0 Å². The van der Waals surface area contributed by atoms with Gasteiger partial charge in [0.05, 0.1) is 0 Å². The number of hydrogen-bond acceptors (Lipinski definition) is 1. The van der Waals surface area contributed by atoms with E-state index >= 15 is 0 Å². The van der Waals surface area contributed by atoms with E-state index in [1.807, 2.05) is 12.3 Å². The van der Waals surface area contributed by atoms with Crippen LogP contribution in [0.3, 0.4) is 0 Å². The maximum Gasteiger partial charge on any atom is 0.231 e. The van der Waals surface area contributed by atoms with Crippen molar-refractivity contribution in [3.63, 3.8) is 0 Å². The first-order valence-corrected chi connectivity index (χ1v) is 10.3. The van der Waals surface area contributed by atoms with Crippen molar-refractivity contribution in [1.29, 1.82) is 0 Å². The quantitative estimate of drug-likeness (QED) is 0.307. The van der Waals surface area contributed by atoms with Gasteiger partial charge in [-0.2, -0.15) is 4.57 Å². The molecule has 0 fully saturated rings. The molecule has 2 aromatic rings. The SMILES string of the molecule is CCCCCCCCCCCCC[n+]1ccccc1-c1ccccn1. The Morgan fingerprint density at radius 2 is 1.36 bits per heavy atom. The van der Waals surface area contributed by atoms with Gasteiger partial charge in [-0.1, -0.05) is 70.8 Å². The zero-order valence-electron chi connectivity index (χ0n) is 16.0. The summed E-state index contributed by atoms with van der Waals surface area (Å²) in [7, 11) is 0. The molecule has 0 saturated heterocycles. The fraction of sp³-hybridized carbons (Fsp3) is 0.565. The van der Waals surface area contributed by atoms with Crippen molar-refractivity contribution in [3.8, 4) is 11.4 Å². The second-order valence-electron chi connectivity index (χ2n) is 7.03. The molecule has 0 saturated carbocycles. The molecule has 25 heavy (non-hydrogen) atoms. The molecule has 0 aromatic carbocycles. The first kappa shape index (κ1) is 19.6. The van der Waals surface area contributed by atoms with Gasteiger partial charge in [0.25, 0.3) is 0 Å². The molecule has 2 aromatic heterocycles. The monoisotopic (exact) mass is 339 g/mol. The van der Waals surface area contributed by atoms with E-state index in [0.717, 1.165) is 12.2 Å². The third-order valence-electron chi connectivity index (χ3n) is 4.87. The van der Waals surface area contributed by atoms with E-state index in [-0.39, 0.29) is 0 Å². The van der Waals surface area contributed by atoms with Crippen LogP contribution in [-0.2, 0) is 6.54 Å². The highest BCUT2D eigenvalue weighted by Gasteiger charge is 2.12. The van der Waals surface area contributed by atoms with Crippen LogP contribution in [-0.4, -0.2) is 4.98 Å². The Morgan fingerprint density at radius 1 is 0.720 bits per heavy atom. The van der Waals surface area contributed by atoms with Gasteiger partial charge in [0.2, 0.25) is 5.69 Å². The van der Waals surface area contributed by atoms with E-state index in [9.17, 15) is 0 Å². The minimum absolute atomic E-state index is 1.06. The van der Waals surface area contributed by atoms with Gasteiger partial charge < -0.3 is 0 Å². The number of pyridine rings is 2. The van der Waals surface area contributed by atoms with Gasteiger partial charge in [-0.25, -0.2) is 4.98 Å². The van der Waals surface area contributed by atoms with Gasteiger partial charge in [0.15, 0.2) is 6.20 Å². The van der Waals surface area contributed by atoms with Crippen LogP contribution in [0.1, 0.15) is 77.6 Å². The molecule has 2 nitrogen and oxygen atoms in total. The highest BCUT2D eigenvalue weighted by molar-refractivity contribution is 5.49. The van der Waals surface area contributed by atoms with Crippen LogP contribution in [0, 0.1) is 0 Å². The highest BCUT2D eigenvalue weighted by Crippen LogP contribution is 2.13. The minimum atomic E-state index is 1.06. The molecule has 0 aliphatic rings. The van der Waals surface area contributed by atoms with Crippen molar-refractivity contribution in [2.75, 3.05) is 0 Å². The second-order valence-corrected chi connectivity index (χ2v) is 7.03. The largest absolute Gasteiger partial charge is 0.250 e. The van der Waals surface area contributed by atoms with E-state index < -0.39 is 0 Å². The van der Waals surface area contributed by atoms with E-state index in [2.05, 4.69) is 53.0 Å². The Balaban J connectivity index is 1.60. The number of hydrogen-bond donors (Lipinski definition) is 0. The van der Waals surface area contributed by atoms with Crippen LogP contribution < -0.4 is 4.57 Å². The topological polar surface area (TPSA) is 16.8 Å². The molecule has 136 valence electrons. The number of aromatic nitrogens is 2. The molecule has 0 aliphatic carbocycles. The highest BCUT2D eigenvalue weighted by atomic mass is 15.0. The van der Waals surface area contributed by atoms with Crippen molar-refractivity contribution in [2.45, 2.75) is 84.1 Å². The Bertz CT molecular complexity index is 565. The van der Waals surface area contributed by atoms with E-state index in [1.165, 1.54) is 76.3 Å². The Hall–Kier alpha value is -1.70. The average Bonchev–Trinajstić information content (AvgIpc) is 2.67. The summed E-state index contributed by atoms with van der Waals surface area (Å²) in [4.78, 5) is 4.49. The summed E-state index contributed by atoms with van der Waals surface area (Å²) in [5.74, 6) is 0. The molecule has 0 N–H and O–H groups in total. The molecule has 0 amide bonds. The molecule has 0 aliphatic heterocycles. The van der Waals surface area contributed by atoms with Crippen LogP contribution in [0.4, 0.5) is 0 Å². The maximum absolute atomic E-state index is 4.49. The van der Waals surface area contributed by atoms with Crippen molar-refractivity contribution < 1.29 is 4.57 Å². The standard InChI is InChI=1S/C23H35N2/c1-2-3-4-5-6-7-8-9-10-11-15-20-25-21-16-13-18-23(25)22-17-12-14-19-24-22/h12-14,16-19,21H,2-11,15,20H2,1H3/q+1. The van der Waals surface area contributed by atoms with Crippen molar-refractivity contribution in [3.05, 3.63) is 48.8 Å². The average molecular weight is 340 g/mol. The molecule has 0 unspecified atom stereocenters. The predicted molar refractivity (Wildman–Crippen MR) is 106 cm³/mol. The van der Waals surface area contributed by atoms with E-state index in [1.54, 1.807) is 0 Å². The molecule has 0 atom stereocenters. The Morgan fingerprint density at radius 3 is 2.00 bits per heavy atom. The number of nitrogens with zero attached hydrogens (tertiary/aromatic N) is 2. The van der Waals surface area contributed by atoms with Crippen LogP contribution in [0.2, 0.25) is 0 Å². The summed E-state index contributed by atoms with van der Waals surface area (Å²) < 4.78 is 2.34. The predicted octanol–water partition coefficient (Wildman–Crippen LogP) is 6.35. The third kappa shape index (κ3) is 7.81. The number of rotatable bonds is 13. The van der Waals surface area contributed by atoms with E-state index in [0.29, 0.717) is 0 Å². The fourth-order valence-electron chi connectivity index (χ4n) is 3.36. The summed E-state index contributed by atoms with van der Waals surface area (Å²) in [6.45, 7) is 3.37. The van der Waals surface area contributed by atoms with Gasteiger partial charge in [-0.3, -0.25) is 0 Å². The van der Waals surface area contributed by atoms with Crippen molar-refractivity contribution in [1.82, 2.24) is 4.98 Å². The third-order valence-corrected chi connectivity index (χ3v) is 4.87. The first-order valence-electron chi connectivity index (χ1n) is 10.3. The van der Waals surface area contributed by atoms with Crippen molar-refractivity contribution in [2.24, 2.45) is 0 Å².